The Hall–Kier alpha value is -2.18. The Bertz CT molecular complexity index is 789. The molecule has 1 atom stereocenters. The Morgan fingerprint density at radius 3 is 2.72 bits per heavy atom. The maximum absolute atomic E-state index is 12.8. The average Bonchev–Trinajstić information content (AvgIpc) is 3.05. The van der Waals surface area contributed by atoms with Crippen molar-refractivity contribution in [3.8, 4) is 0 Å². The summed E-state index contributed by atoms with van der Waals surface area (Å²) < 4.78 is 7.39. The lowest BCUT2D eigenvalue weighted by Crippen LogP contribution is -2.31. The summed E-state index contributed by atoms with van der Waals surface area (Å²) in [5.74, 6) is 2.03. The van der Waals surface area contributed by atoms with Gasteiger partial charge < -0.3 is 9.42 Å². The first kappa shape index (κ1) is 16.3. The van der Waals surface area contributed by atoms with E-state index in [1.54, 1.807) is 0 Å². The molecule has 2 aliphatic rings. The lowest BCUT2D eigenvalue weighted by Gasteiger charge is -2.22. The van der Waals surface area contributed by atoms with E-state index in [4.69, 9.17) is 4.52 Å². The molecule has 7 nitrogen and oxygen atoms in total. The van der Waals surface area contributed by atoms with Gasteiger partial charge in [0.15, 0.2) is 5.82 Å². The van der Waals surface area contributed by atoms with E-state index >= 15 is 0 Å². The van der Waals surface area contributed by atoms with Crippen molar-refractivity contribution in [1.29, 1.82) is 0 Å². The summed E-state index contributed by atoms with van der Waals surface area (Å²) in [7, 11) is 0. The van der Waals surface area contributed by atoms with Gasteiger partial charge in [0.25, 0.3) is 0 Å². The molecule has 1 amide bonds. The number of hydrogen-bond acceptors (Lipinski definition) is 5. The minimum absolute atomic E-state index is 0.0605. The quantitative estimate of drug-likeness (QED) is 0.834. The van der Waals surface area contributed by atoms with Crippen LogP contribution >= 0.6 is 0 Å². The number of likely N-dealkylation sites (tertiary alicyclic amines) is 1. The highest BCUT2D eigenvalue weighted by Crippen LogP contribution is 2.39. The van der Waals surface area contributed by atoms with E-state index in [1.165, 1.54) is 5.56 Å². The van der Waals surface area contributed by atoms with Gasteiger partial charge in [0.05, 0.1) is 5.69 Å². The van der Waals surface area contributed by atoms with E-state index in [1.807, 2.05) is 16.5 Å². The molecule has 2 aromatic heterocycles. The molecule has 4 rings (SSSR count). The van der Waals surface area contributed by atoms with Crippen LogP contribution in [0.1, 0.15) is 72.7 Å². The van der Waals surface area contributed by atoms with Crippen molar-refractivity contribution in [1.82, 2.24) is 24.8 Å². The van der Waals surface area contributed by atoms with Crippen LogP contribution < -0.4 is 0 Å². The van der Waals surface area contributed by atoms with E-state index in [9.17, 15) is 4.79 Å². The lowest BCUT2D eigenvalue weighted by atomic mass is 10.2. The van der Waals surface area contributed by atoms with Crippen molar-refractivity contribution < 1.29 is 9.32 Å². The van der Waals surface area contributed by atoms with Crippen LogP contribution in [-0.2, 0) is 11.3 Å². The monoisotopic (exact) mass is 343 g/mol. The Balaban J connectivity index is 1.42. The molecule has 1 aliphatic carbocycles. The largest absolute Gasteiger partial charge is 0.337 e. The van der Waals surface area contributed by atoms with Crippen LogP contribution in [0.5, 0.6) is 0 Å². The van der Waals surface area contributed by atoms with Gasteiger partial charge in [-0.1, -0.05) is 5.16 Å². The first-order valence-electron chi connectivity index (χ1n) is 9.18. The fourth-order valence-electron chi connectivity index (χ4n) is 3.56. The zero-order chi connectivity index (χ0) is 17.6. The van der Waals surface area contributed by atoms with Gasteiger partial charge in [0, 0.05) is 31.1 Å². The van der Waals surface area contributed by atoms with Gasteiger partial charge in [-0.05, 0) is 52.0 Å². The molecule has 0 N–H and O–H groups in total. The predicted octanol–water partition coefficient (Wildman–Crippen LogP) is 2.82. The van der Waals surface area contributed by atoms with Gasteiger partial charge >= 0.3 is 0 Å². The first-order chi connectivity index (χ1) is 12.0. The van der Waals surface area contributed by atoms with Gasteiger partial charge in [-0.2, -0.15) is 10.1 Å². The number of amides is 1. The van der Waals surface area contributed by atoms with Gasteiger partial charge in [-0.15, -0.1) is 0 Å². The molecule has 2 aromatic rings. The Labute approximate surface area is 147 Å². The van der Waals surface area contributed by atoms with Crippen LogP contribution in [0.25, 0.3) is 0 Å². The standard InChI is InChI=1S/C18H25N5O2/c1-11-12(2)20-23(13(11)3)10-8-16(24)22-9-4-5-15(22)18-19-17(21-25-18)14-6-7-14/h14-15H,4-10H2,1-3H3/t15-/m0/s1. The molecule has 0 radical (unpaired) electrons. The number of hydrogen-bond donors (Lipinski definition) is 0. The zero-order valence-corrected chi connectivity index (χ0v) is 15.2. The van der Waals surface area contributed by atoms with Crippen molar-refractivity contribution >= 4 is 5.91 Å². The molecule has 1 saturated carbocycles. The second-order valence-corrected chi connectivity index (χ2v) is 7.28. The summed E-state index contributed by atoms with van der Waals surface area (Å²) >= 11 is 0. The second kappa shape index (κ2) is 6.28. The highest BCUT2D eigenvalue weighted by atomic mass is 16.5. The molecular weight excluding hydrogens is 318 g/mol. The molecule has 0 aromatic carbocycles. The first-order valence-corrected chi connectivity index (χ1v) is 9.18. The van der Waals surface area contributed by atoms with Gasteiger partial charge in [-0.25, -0.2) is 0 Å². The van der Waals surface area contributed by atoms with Crippen LogP contribution in [0.4, 0.5) is 0 Å². The molecule has 3 heterocycles. The van der Waals surface area contributed by atoms with Gasteiger partial charge in [0.1, 0.15) is 6.04 Å². The van der Waals surface area contributed by atoms with E-state index in [0.717, 1.165) is 49.4 Å². The number of aryl methyl sites for hydroxylation is 2. The fraction of sp³-hybridized carbons (Fsp3) is 0.667. The minimum atomic E-state index is -0.0605. The SMILES string of the molecule is Cc1nn(CCC(=O)N2CCC[C@H]2c2nc(C3CC3)no2)c(C)c1C. The Morgan fingerprint density at radius 1 is 1.24 bits per heavy atom. The molecular formula is C18H25N5O2. The normalized spacial score (nSPS) is 20.4. The van der Waals surface area contributed by atoms with Crippen molar-refractivity contribution in [2.75, 3.05) is 6.54 Å². The summed E-state index contributed by atoms with van der Waals surface area (Å²) in [6.45, 7) is 7.50. The minimum Gasteiger partial charge on any atom is -0.337 e. The third-order valence-electron chi connectivity index (χ3n) is 5.54. The molecule has 0 unspecified atom stereocenters. The highest BCUT2D eigenvalue weighted by Gasteiger charge is 2.36. The molecule has 2 fully saturated rings. The zero-order valence-electron chi connectivity index (χ0n) is 15.2. The number of nitrogens with zero attached hydrogens (tertiary/aromatic N) is 5. The summed E-state index contributed by atoms with van der Waals surface area (Å²) in [6, 6.07) is -0.0605. The topological polar surface area (TPSA) is 77.1 Å². The third-order valence-corrected chi connectivity index (χ3v) is 5.54. The van der Waals surface area contributed by atoms with E-state index in [-0.39, 0.29) is 11.9 Å². The van der Waals surface area contributed by atoms with Crippen molar-refractivity contribution in [3.63, 3.8) is 0 Å². The Morgan fingerprint density at radius 2 is 2.04 bits per heavy atom. The van der Waals surface area contributed by atoms with Crippen LogP contribution in [0.3, 0.4) is 0 Å². The van der Waals surface area contributed by atoms with E-state index in [2.05, 4.69) is 29.1 Å². The number of carbonyl (C=O) groups is 1. The predicted molar refractivity (Wildman–Crippen MR) is 91.0 cm³/mol. The Kier molecular flexibility index (Phi) is 4.09. The van der Waals surface area contributed by atoms with Crippen molar-refractivity contribution in [3.05, 3.63) is 28.7 Å². The average molecular weight is 343 g/mol. The second-order valence-electron chi connectivity index (χ2n) is 7.28. The van der Waals surface area contributed by atoms with Gasteiger partial charge in [0.2, 0.25) is 11.8 Å². The third kappa shape index (κ3) is 3.07. The molecule has 0 bridgehead atoms. The van der Waals surface area contributed by atoms with Crippen molar-refractivity contribution in [2.45, 2.75) is 71.4 Å². The van der Waals surface area contributed by atoms with E-state index in [0.29, 0.717) is 24.8 Å². The van der Waals surface area contributed by atoms with Crippen LogP contribution in [0.2, 0.25) is 0 Å². The van der Waals surface area contributed by atoms with Crippen LogP contribution in [0, 0.1) is 20.8 Å². The van der Waals surface area contributed by atoms with Crippen molar-refractivity contribution in [2.24, 2.45) is 0 Å². The summed E-state index contributed by atoms with van der Waals surface area (Å²) in [5, 5.41) is 8.62. The number of rotatable bonds is 5. The number of carbonyl (C=O) groups excluding carboxylic acids is 1. The van der Waals surface area contributed by atoms with E-state index < -0.39 is 0 Å². The summed E-state index contributed by atoms with van der Waals surface area (Å²) in [5.41, 5.74) is 3.36. The maximum Gasteiger partial charge on any atom is 0.249 e. The molecule has 1 saturated heterocycles. The molecule has 1 aliphatic heterocycles. The smallest absolute Gasteiger partial charge is 0.249 e. The highest BCUT2D eigenvalue weighted by molar-refractivity contribution is 5.76. The van der Waals surface area contributed by atoms with Gasteiger partial charge in [-0.3, -0.25) is 9.48 Å². The van der Waals surface area contributed by atoms with Crippen LogP contribution in [0.15, 0.2) is 4.52 Å². The summed E-state index contributed by atoms with van der Waals surface area (Å²) in [4.78, 5) is 19.2. The molecule has 134 valence electrons. The number of aromatic nitrogens is 4. The fourth-order valence-corrected chi connectivity index (χ4v) is 3.56. The molecule has 25 heavy (non-hydrogen) atoms. The maximum atomic E-state index is 12.8. The lowest BCUT2D eigenvalue weighted by molar-refractivity contribution is -0.132. The molecule has 7 heteroatoms. The summed E-state index contributed by atoms with van der Waals surface area (Å²) in [6.07, 6.45) is 4.62. The molecule has 0 spiro atoms. The van der Waals surface area contributed by atoms with Crippen LogP contribution in [-0.4, -0.2) is 37.3 Å².